The first-order valence-corrected chi connectivity index (χ1v) is 10.5. The zero-order chi connectivity index (χ0) is 20.1. The summed E-state index contributed by atoms with van der Waals surface area (Å²) in [6.07, 6.45) is 3.30. The van der Waals surface area contributed by atoms with Gasteiger partial charge >= 0.3 is 0 Å². The monoisotopic (exact) mass is 387 g/mol. The minimum atomic E-state index is -0.505. The molecule has 28 heavy (non-hydrogen) atoms. The second-order valence-electron chi connectivity index (χ2n) is 8.40. The van der Waals surface area contributed by atoms with Crippen molar-refractivity contribution in [1.82, 2.24) is 15.5 Å². The van der Waals surface area contributed by atoms with Crippen LogP contribution in [0, 0.1) is 11.3 Å². The van der Waals surface area contributed by atoms with Gasteiger partial charge in [0.1, 0.15) is 11.8 Å². The molecule has 0 aliphatic carbocycles. The van der Waals surface area contributed by atoms with Crippen LogP contribution in [-0.4, -0.2) is 55.5 Å². The van der Waals surface area contributed by atoms with Gasteiger partial charge in [0.15, 0.2) is 0 Å². The second-order valence-corrected chi connectivity index (χ2v) is 8.40. The van der Waals surface area contributed by atoms with E-state index >= 15 is 0 Å². The maximum absolute atomic E-state index is 13.1. The molecule has 2 aliphatic rings. The van der Waals surface area contributed by atoms with Gasteiger partial charge in [-0.05, 0) is 68.3 Å². The lowest BCUT2D eigenvalue weighted by Gasteiger charge is -2.40. The zero-order valence-corrected chi connectivity index (χ0v) is 17.3. The number of nitrogens with zero attached hydrogens (tertiary/aromatic N) is 1. The van der Waals surface area contributed by atoms with Crippen LogP contribution in [0.15, 0.2) is 24.3 Å². The molecule has 0 radical (unpaired) electrons. The lowest BCUT2D eigenvalue weighted by Crippen LogP contribution is -2.54. The molecule has 1 spiro atoms. The van der Waals surface area contributed by atoms with Crippen molar-refractivity contribution in [2.24, 2.45) is 11.3 Å². The van der Waals surface area contributed by atoms with Crippen LogP contribution < -0.4 is 15.4 Å². The van der Waals surface area contributed by atoms with E-state index in [1.54, 1.807) is 24.3 Å². The Balaban J connectivity index is 1.61. The summed E-state index contributed by atoms with van der Waals surface area (Å²) in [5, 5.41) is 6.41. The number of rotatable bonds is 6. The summed E-state index contributed by atoms with van der Waals surface area (Å²) in [5.41, 5.74) is 0.909. The molecule has 6 heteroatoms. The third-order valence-electron chi connectivity index (χ3n) is 6.11. The van der Waals surface area contributed by atoms with Gasteiger partial charge < -0.3 is 20.3 Å². The van der Waals surface area contributed by atoms with Crippen molar-refractivity contribution >= 4 is 11.8 Å². The number of carbonyl (C=O) groups excluding carboxylic acids is 2. The Labute approximate surface area is 168 Å². The molecule has 1 atom stereocenters. The van der Waals surface area contributed by atoms with Crippen molar-refractivity contribution in [1.29, 1.82) is 0 Å². The van der Waals surface area contributed by atoms with Crippen molar-refractivity contribution in [3.8, 4) is 5.75 Å². The van der Waals surface area contributed by atoms with E-state index in [2.05, 4.69) is 10.6 Å². The van der Waals surface area contributed by atoms with Gasteiger partial charge in [0, 0.05) is 25.2 Å². The van der Waals surface area contributed by atoms with Gasteiger partial charge in [0.25, 0.3) is 5.91 Å². The molecule has 2 saturated heterocycles. The van der Waals surface area contributed by atoms with E-state index < -0.39 is 6.04 Å². The van der Waals surface area contributed by atoms with Crippen molar-refractivity contribution in [3.05, 3.63) is 29.8 Å². The number of piperidine rings is 1. The van der Waals surface area contributed by atoms with Crippen LogP contribution >= 0.6 is 0 Å². The van der Waals surface area contributed by atoms with Gasteiger partial charge in [-0.15, -0.1) is 0 Å². The molecule has 0 saturated carbocycles. The van der Waals surface area contributed by atoms with Crippen molar-refractivity contribution < 1.29 is 14.3 Å². The van der Waals surface area contributed by atoms with Crippen LogP contribution in [0.25, 0.3) is 0 Å². The molecular formula is C22H33N3O3. The lowest BCUT2D eigenvalue weighted by atomic mass is 9.77. The highest BCUT2D eigenvalue weighted by molar-refractivity contribution is 5.97. The molecule has 154 valence electrons. The van der Waals surface area contributed by atoms with E-state index in [-0.39, 0.29) is 17.7 Å². The summed E-state index contributed by atoms with van der Waals surface area (Å²) in [6, 6.07) is 6.53. The van der Waals surface area contributed by atoms with Gasteiger partial charge in [-0.25, -0.2) is 0 Å². The van der Waals surface area contributed by atoms with E-state index in [9.17, 15) is 9.59 Å². The molecule has 3 rings (SSSR count). The van der Waals surface area contributed by atoms with Gasteiger partial charge in [0.2, 0.25) is 5.91 Å². The molecule has 1 aromatic carbocycles. The lowest BCUT2D eigenvalue weighted by molar-refractivity contribution is -0.136. The minimum absolute atomic E-state index is 0.0307. The molecular weight excluding hydrogens is 354 g/mol. The molecule has 2 fully saturated rings. The fourth-order valence-corrected chi connectivity index (χ4v) is 4.23. The SMILES string of the molecule is CCOc1ccc(C(=O)NC(C(=O)N2CCC3(CCNC3)CC2)C(C)C)cc1. The highest BCUT2D eigenvalue weighted by Crippen LogP contribution is 2.37. The number of likely N-dealkylation sites (tertiary alicyclic amines) is 1. The summed E-state index contributed by atoms with van der Waals surface area (Å²) in [7, 11) is 0. The molecule has 2 amide bonds. The third kappa shape index (κ3) is 4.66. The van der Waals surface area contributed by atoms with Crippen LogP contribution in [-0.2, 0) is 4.79 Å². The first kappa shape index (κ1) is 20.6. The number of carbonyl (C=O) groups is 2. The van der Waals surface area contributed by atoms with Crippen molar-refractivity contribution in [2.45, 2.75) is 46.1 Å². The maximum atomic E-state index is 13.1. The van der Waals surface area contributed by atoms with Gasteiger partial charge in [-0.3, -0.25) is 9.59 Å². The number of nitrogens with one attached hydrogen (secondary N) is 2. The Morgan fingerprint density at radius 2 is 1.86 bits per heavy atom. The molecule has 0 bridgehead atoms. The molecule has 2 heterocycles. The number of ether oxygens (including phenoxy) is 1. The Kier molecular flexibility index (Phi) is 6.60. The maximum Gasteiger partial charge on any atom is 0.251 e. The van der Waals surface area contributed by atoms with E-state index in [0.717, 1.165) is 44.8 Å². The molecule has 1 aromatic rings. The number of hydrogen-bond donors (Lipinski definition) is 2. The number of benzene rings is 1. The Hall–Kier alpha value is -2.08. The van der Waals surface area contributed by atoms with Crippen LogP contribution in [0.3, 0.4) is 0 Å². The quantitative estimate of drug-likeness (QED) is 0.787. The van der Waals surface area contributed by atoms with Crippen LogP contribution in [0.4, 0.5) is 0 Å². The predicted molar refractivity (Wildman–Crippen MR) is 109 cm³/mol. The largest absolute Gasteiger partial charge is 0.494 e. The van der Waals surface area contributed by atoms with Crippen LogP contribution in [0.5, 0.6) is 5.75 Å². The standard InChI is InChI=1S/C22H33N3O3/c1-4-28-18-7-5-17(6-8-18)20(26)24-19(16(2)3)21(27)25-13-10-22(11-14-25)9-12-23-15-22/h5-8,16,19,23H,4,9-15H2,1-3H3,(H,24,26). The molecule has 0 aromatic heterocycles. The summed E-state index contributed by atoms with van der Waals surface area (Å²) in [4.78, 5) is 27.8. The highest BCUT2D eigenvalue weighted by atomic mass is 16.5. The summed E-state index contributed by atoms with van der Waals surface area (Å²) < 4.78 is 5.42. The van der Waals surface area contributed by atoms with Gasteiger partial charge in [-0.1, -0.05) is 13.8 Å². The Morgan fingerprint density at radius 1 is 1.18 bits per heavy atom. The Bertz CT molecular complexity index is 671. The average Bonchev–Trinajstić information content (AvgIpc) is 3.14. The molecule has 2 N–H and O–H groups in total. The third-order valence-corrected chi connectivity index (χ3v) is 6.11. The normalized spacial score (nSPS) is 19.6. The van der Waals surface area contributed by atoms with Crippen LogP contribution in [0.1, 0.15) is 50.4 Å². The number of hydrogen-bond acceptors (Lipinski definition) is 4. The fourth-order valence-electron chi connectivity index (χ4n) is 4.23. The van der Waals surface area contributed by atoms with E-state index in [1.165, 1.54) is 6.42 Å². The average molecular weight is 388 g/mol. The molecule has 2 aliphatic heterocycles. The summed E-state index contributed by atoms with van der Waals surface area (Å²) in [6.45, 7) is 10.2. The summed E-state index contributed by atoms with van der Waals surface area (Å²) in [5.74, 6) is 0.584. The van der Waals surface area contributed by atoms with E-state index in [0.29, 0.717) is 17.6 Å². The highest BCUT2D eigenvalue weighted by Gasteiger charge is 2.39. The van der Waals surface area contributed by atoms with Crippen LogP contribution in [0.2, 0.25) is 0 Å². The van der Waals surface area contributed by atoms with Gasteiger partial charge in [0.05, 0.1) is 6.61 Å². The smallest absolute Gasteiger partial charge is 0.251 e. The Morgan fingerprint density at radius 3 is 2.39 bits per heavy atom. The van der Waals surface area contributed by atoms with Crippen molar-refractivity contribution in [2.75, 3.05) is 32.8 Å². The minimum Gasteiger partial charge on any atom is -0.494 e. The van der Waals surface area contributed by atoms with E-state index in [4.69, 9.17) is 4.74 Å². The summed E-state index contributed by atoms with van der Waals surface area (Å²) >= 11 is 0. The molecule has 6 nitrogen and oxygen atoms in total. The topological polar surface area (TPSA) is 70.7 Å². The first-order valence-electron chi connectivity index (χ1n) is 10.5. The fraction of sp³-hybridized carbons (Fsp3) is 0.636. The zero-order valence-electron chi connectivity index (χ0n) is 17.3. The van der Waals surface area contributed by atoms with E-state index in [1.807, 2.05) is 25.7 Å². The first-order chi connectivity index (χ1) is 13.4. The molecule has 1 unspecified atom stereocenters. The number of amides is 2. The van der Waals surface area contributed by atoms with Crippen molar-refractivity contribution in [3.63, 3.8) is 0 Å². The predicted octanol–water partition coefficient (Wildman–Crippen LogP) is 2.44. The second kappa shape index (κ2) is 8.95. The van der Waals surface area contributed by atoms with Gasteiger partial charge in [-0.2, -0.15) is 0 Å².